The van der Waals surface area contributed by atoms with Gasteiger partial charge in [0.1, 0.15) is 18.3 Å². The molecule has 6 atom stereocenters. The number of aliphatic hydroxyl groups is 1. The molecule has 7 heteroatoms. The van der Waals surface area contributed by atoms with E-state index < -0.39 is 30.6 Å². The van der Waals surface area contributed by atoms with Crippen LogP contribution in [0.15, 0.2) is 12.3 Å². The number of hydrogen-bond acceptors (Lipinski definition) is 7. The summed E-state index contributed by atoms with van der Waals surface area (Å²) in [6.07, 6.45) is 8.72. The predicted octanol–water partition coefficient (Wildman–Crippen LogP) is 2.75. The SMILES string of the molecule is CC=CO[C@H]1O[C@H](COC)[C@@H](O)[C@H](OCC[C@@H](CCCCCCC)OC)[C@H]1N. The van der Waals surface area contributed by atoms with Crippen molar-refractivity contribution >= 4 is 0 Å². The highest BCUT2D eigenvalue weighted by atomic mass is 16.7. The molecule has 0 aromatic rings. The van der Waals surface area contributed by atoms with Gasteiger partial charge in [0.15, 0.2) is 0 Å². The van der Waals surface area contributed by atoms with E-state index in [1.807, 2.05) is 6.92 Å². The summed E-state index contributed by atoms with van der Waals surface area (Å²) in [5.41, 5.74) is 6.25. The topological polar surface area (TPSA) is 92.4 Å². The van der Waals surface area contributed by atoms with E-state index in [1.165, 1.54) is 31.9 Å². The summed E-state index contributed by atoms with van der Waals surface area (Å²) in [4.78, 5) is 0. The second kappa shape index (κ2) is 15.2. The van der Waals surface area contributed by atoms with E-state index in [0.717, 1.165) is 19.3 Å². The van der Waals surface area contributed by atoms with E-state index in [2.05, 4.69) is 6.92 Å². The first-order chi connectivity index (χ1) is 13.6. The molecule has 1 aliphatic rings. The fraction of sp³-hybridized carbons (Fsp3) is 0.905. The van der Waals surface area contributed by atoms with Gasteiger partial charge in [-0.05, 0) is 19.8 Å². The van der Waals surface area contributed by atoms with Gasteiger partial charge in [0.05, 0.1) is 25.0 Å². The standard InChI is InChI=1S/C21H41NO6/c1-5-7-8-9-10-11-16(25-4)12-14-26-20-18(22)21(27-13-6-2)28-17(15-24-3)19(20)23/h6,13,16-21,23H,5,7-12,14-15,22H2,1-4H3/t16-,17-,18-,19-,20-,21+/m1/s1. The largest absolute Gasteiger partial charge is 0.471 e. The van der Waals surface area contributed by atoms with Crippen LogP contribution in [0, 0.1) is 0 Å². The van der Waals surface area contributed by atoms with Gasteiger partial charge < -0.3 is 34.5 Å². The molecule has 0 saturated carbocycles. The highest BCUT2D eigenvalue weighted by Gasteiger charge is 2.45. The van der Waals surface area contributed by atoms with Gasteiger partial charge in [-0.3, -0.25) is 0 Å². The summed E-state index contributed by atoms with van der Waals surface area (Å²) in [7, 11) is 3.30. The molecule has 28 heavy (non-hydrogen) atoms. The minimum absolute atomic E-state index is 0.152. The summed E-state index contributed by atoms with van der Waals surface area (Å²) < 4.78 is 28.0. The molecule has 0 spiro atoms. The third-order valence-corrected chi connectivity index (χ3v) is 5.11. The van der Waals surface area contributed by atoms with Gasteiger partial charge in [-0.25, -0.2) is 0 Å². The van der Waals surface area contributed by atoms with Gasteiger partial charge in [0.25, 0.3) is 0 Å². The number of unbranched alkanes of at least 4 members (excludes halogenated alkanes) is 4. The lowest BCUT2D eigenvalue weighted by Crippen LogP contribution is -2.63. The molecule has 0 aromatic heterocycles. The van der Waals surface area contributed by atoms with Gasteiger partial charge in [0.2, 0.25) is 6.29 Å². The maximum Gasteiger partial charge on any atom is 0.217 e. The molecular formula is C21H41NO6. The Balaban J connectivity index is 2.50. The van der Waals surface area contributed by atoms with Crippen LogP contribution >= 0.6 is 0 Å². The fourth-order valence-electron chi connectivity index (χ4n) is 3.42. The van der Waals surface area contributed by atoms with Gasteiger partial charge in [0, 0.05) is 20.8 Å². The summed E-state index contributed by atoms with van der Waals surface area (Å²) in [6, 6.07) is -0.602. The Labute approximate surface area is 170 Å². The Morgan fingerprint density at radius 2 is 1.89 bits per heavy atom. The van der Waals surface area contributed by atoms with Crippen LogP contribution in [0.4, 0.5) is 0 Å². The van der Waals surface area contributed by atoms with Crippen molar-refractivity contribution in [3.63, 3.8) is 0 Å². The first-order valence-corrected chi connectivity index (χ1v) is 10.6. The summed E-state index contributed by atoms with van der Waals surface area (Å²) in [6.45, 7) is 4.76. The van der Waals surface area contributed by atoms with Crippen LogP contribution in [-0.4, -0.2) is 69.3 Å². The maximum atomic E-state index is 10.6. The van der Waals surface area contributed by atoms with Crippen LogP contribution in [-0.2, 0) is 23.7 Å². The van der Waals surface area contributed by atoms with E-state index in [1.54, 1.807) is 20.3 Å². The average Bonchev–Trinajstić information content (AvgIpc) is 2.70. The molecule has 1 rings (SSSR count). The van der Waals surface area contributed by atoms with E-state index in [9.17, 15) is 5.11 Å². The molecule has 1 fully saturated rings. The summed E-state index contributed by atoms with van der Waals surface area (Å²) >= 11 is 0. The lowest BCUT2D eigenvalue weighted by Gasteiger charge is -2.42. The van der Waals surface area contributed by atoms with E-state index in [4.69, 9.17) is 29.4 Å². The highest BCUT2D eigenvalue weighted by molar-refractivity contribution is 4.93. The zero-order valence-electron chi connectivity index (χ0n) is 18.0. The van der Waals surface area contributed by atoms with E-state index in [0.29, 0.717) is 6.61 Å². The third-order valence-electron chi connectivity index (χ3n) is 5.11. The van der Waals surface area contributed by atoms with Crippen molar-refractivity contribution in [2.75, 3.05) is 27.4 Å². The monoisotopic (exact) mass is 403 g/mol. The summed E-state index contributed by atoms with van der Waals surface area (Å²) in [5.74, 6) is 0. The number of nitrogens with two attached hydrogens (primary N) is 1. The van der Waals surface area contributed by atoms with E-state index in [-0.39, 0.29) is 12.7 Å². The zero-order valence-corrected chi connectivity index (χ0v) is 18.0. The first-order valence-electron chi connectivity index (χ1n) is 10.6. The average molecular weight is 404 g/mol. The number of methoxy groups -OCH3 is 2. The maximum absolute atomic E-state index is 10.6. The molecule has 0 radical (unpaired) electrons. The van der Waals surface area contributed by atoms with Gasteiger partial charge >= 0.3 is 0 Å². The Morgan fingerprint density at radius 3 is 2.54 bits per heavy atom. The minimum Gasteiger partial charge on any atom is -0.471 e. The smallest absolute Gasteiger partial charge is 0.217 e. The Morgan fingerprint density at radius 1 is 1.14 bits per heavy atom. The number of ether oxygens (including phenoxy) is 5. The van der Waals surface area contributed by atoms with Crippen LogP contribution < -0.4 is 5.73 Å². The lowest BCUT2D eigenvalue weighted by atomic mass is 9.97. The summed E-state index contributed by atoms with van der Waals surface area (Å²) in [5, 5.41) is 10.6. The molecule has 0 aromatic carbocycles. The highest BCUT2D eigenvalue weighted by Crippen LogP contribution is 2.24. The molecule has 1 saturated heterocycles. The van der Waals surface area contributed by atoms with Crippen molar-refractivity contribution in [3.05, 3.63) is 12.3 Å². The van der Waals surface area contributed by atoms with Crippen molar-refractivity contribution in [2.24, 2.45) is 5.73 Å². The zero-order chi connectivity index (χ0) is 20.8. The molecule has 7 nitrogen and oxygen atoms in total. The van der Waals surface area contributed by atoms with Crippen molar-refractivity contribution in [3.8, 4) is 0 Å². The quantitative estimate of drug-likeness (QED) is 0.321. The van der Waals surface area contributed by atoms with Crippen LogP contribution in [0.25, 0.3) is 0 Å². The van der Waals surface area contributed by atoms with Crippen LogP contribution in [0.1, 0.15) is 58.8 Å². The number of hydrogen-bond donors (Lipinski definition) is 2. The molecule has 0 aliphatic carbocycles. The van der Waals surface area contributed by atoms with Crippen LogP contribution in [0.3, 0.4) is 0 Å². The molecule has 0 amide bonds. The first kappa shape index (κ1) is 25.3. The van der Waals surface area contributed by atoms with Crippen molar-refractivity contribution < 1.29 is 28.8 Å². The molecule has 1 heterocycles. The Hall–Kier alpha value is -0.700. The number of allylic oxidation sites excluding steroid dienone is 1. The Bertz CT molecular complexity index is 408. The lowest BCUT2D eigenvalue weighted by molar-refractivity contribution is -0.260. The third kappa shape index (κ3) is 8.76. The van der Waals surface area contributed by atoms with Gasteiger partial charge in [-0.15, -0.1) is 0 Å². The predicted molar refractivity (Wildman–Crippen MR) is 109 cm³/mol. The molecule has 3 N–H and O–H groups in total. The molecule has 0 unspecified atom stereocenters. The molecule has 166 valence electrons. The van der Waals surface area contributed by atoms with Gasteiger partial charge in [-0.2, -0.15) is 0 Å². The number of rotatable bonds is 15. The molecule has 0 bridgehead atoms. The Kier molecular flexibility index (Phi) is 13.7. The van der Waals surface area contributed by atoms with Crippen molar-refractivity contribution in [1.82, 2.24) is 0 Å². The van der Waals surface area contributed by atoms with Gasteiger partial charge in [-0.1, -0.05) is 45.1 Å². The van der Waals surface area contributed by atoms with E-state index >= 15 is 0 Å². The second-order valence-electron chi connectivity index (χ2n) is 7.36. The number of aliphatic hydroxyl groups excluding tert-OH is 1. The van der Waals surface area contributed by atoms with Crippen molar-refractivity contribution in [2.45, 2.75) is 95.5 Å². The molecular weight excluding hydrogens is 362 g/mol. The minimum atomic E-state index is -0.879. The fourth-order valence-corrected chi connectivity index (χ4v) is 3.42. The normalized spacial score (nSPS) is 29.3. The van der Waals surface area contributed by atoms with Crippen LogP contribution in [0.2, 0.25) is 0 Å². The second-order valence-corrected chi connectivity index (χ2v) is 7.36. The van der Waals surface area contributed by atoms with Crippen LogP contribution in [0.5, 0.6) is 0 Å². The molecule has 1 aliphatic heterocycles. The van der Waals surface area contributed by atoms with Crippen molar-refractivity contribution in [1.29, 1.82) is 0 Å².